The van der Waals surface area contributed by atoms with Gasteiger partial charge >= 0.3 is 0 Å². The Morgan fingerprint density at radius 1 is 1.14 bits per heavy atom. The number of alkyl halides is 1. The van der Waals surface area contributed by atoms with Crippen molar-refractivity contribution in [3.8, 4) is 0 Å². The molecule has 0 nitrogen and oxygen atoms in total. The molecule has 1 aromatic rings. The van der Waals surface area contributed by atoms with Gasteiger partial charge in [-0.3, -0.25) is 0 Å². The van der Waals surface area contributed by atoms with Crippen molar-refractivity contribution in [1.82, 2.24) is 0 Å². The van der Waals surface area contributed by atoms with Gasteiger partial charge in [0.15, 0.2) is 0 Å². The minimum absolute atomic E-state index is 0.768. The van der Waals surface area contributed by atoms with Gasteiger partial charge in [-0.15, -0.1) is 11.6 Å². The molecule has 1 aromatic carbocycles. The number of rotatable bonds is 4. The maximum atomic E-state index is 5.86. The molecule has 1 rings (SSSR count). The molecule has 0 radical (unpaired) electrons. The fraction of sp³-hybridized carbons (Fsp3) is 0.455. The van der Waals surface area contributed by atoms with Crippen LogP contribution in [-0.4, -0.2) is 14.0 Å². The van der Waals surface area contributed by atoms with E-state index in [-0.39, 0.29) is 0 Å². The fourth-order valence-electron chi connectivity index (χ4n) is 1.55. The molecule has 78 valence electrons. The van der Waals surface area contributed by atoms with Gasteiger partial charge in [0.1, 0.15) is 0 Å². The highest BCUT2D eigenvalue weighted by molar-refractivity contribution is 6.89. The monoisotopic (exact) mass is 246 g/mol. The van der Waals surface area contributed by atoms with Gasteiger partial charge in [-0.2, -0.15) is 0 Å². The van der Waals surface area contributed by atoms with E-state index in [2.05, 4.69) is 25.2 Å². The van der Waals surface area contributed by atoms with Gasteiger partial charge in [0.25, 0.3) is 0 Å². The molecule has 0 heterocycles. The van der Waals surface area contributed by atoms with Gasteiger partial charge in [-0.25, -0.2) is 0 Å². The number of hydrogen-bond acceptors (Lipinski definition) is 0. The van der Waals surface area contributed by atoms with Crippen LogP contribution in [0.15, 0.2) is 24.3 Å². The van der Waals surface area contributed by atoms with Gasteiger partial charge < -0.3 is 0 Å². The SMILES string of the molecule is C[Si](C)(CCCCl)c1ccc(Cl)cc1. The smallest absolute Gasteiger partial charge is 0.0806 e. The first-order valence-electron chi connectivity index (χ1n) is 4.88. The average Bonchev–Trinajstić information content (AvgIpc) is 2.16. The summed E-state index contributed by atoms with van der Waals surface area (Å²) in [5.74, 6) is 0.768. The molecule has 0 aromatic heterocycles. The Hall–Kier alpha value is 0.0169. The predicted octanol–water partition coefficient (Wildman–Crippen LogP) is 3.88. The van der Waals surface area contributed by atoms with Crippen LogP contribution in [0, 0.1) is 0 Å². The van der Waals surface area contributed by atoms with E-state index in [4.69, 9.17) is 23.2 Å². The molecule has 0 saturated heterocycles. The van der Waals surface area contributed by atoms with E-state index >= 15 is 0 Å². The van der Waals surface area contributed by atoms with E-state index in [1.54, 1.807) is 0 Å². The summed E-state index contributed by atoms with van der Waals surface area (Å²) in [5, 5.41) is 2.28. The Kier molecular flexibility index (Phi) is 4.49. The summed E-state index contributed by atoms with van der Waals surface area (Å²) in [4.78, 5) is 0. The van der Waals surface area contributed by atoms with Crippen molar-refractivity contribution in [2.45, 2.75) is 25.6 Å². The molecule has 0 atom stereocenters. The molecule has 0 fully saturated rings. The summed E-state index contributed by atoms with van der Waals surface area (Å²) in [6.07, 6.45) is 1.11. The summed E-state index contributed by atoms with van der Waals surface area (Å²) in [6.45, 7) is 4.76. The van der Waals surface area contributed by atoms with Crippen LogP contribution < -0.4 is 5.19 Å². The first-order valence-corrected chi connectivity index (χ1v) is 9.00. The quantitative estimate of drug-likeness (QED) is 0.559. The Balaban J connectivity index is 2.75. The molecule has 0 unspecified atom stereocenters. The molecule has 14 heavy (non-hydrogen) atoms. The van der Waals surface area contributed by atoms with Crippen LogP contribution in [0.3, 0.4) is 0 Å². The predicted molar refractivity (Wildman–Crippen MR) is 68.7 cm³/mol. The van der Waals surface area contributed by atoms with E-state index in [0.29, 0.717) is 0 Å². The molecule has 0 amide bonds. The van der Waals surface area contributed by atoms with Crippen molar-refractivity contribution < 1.29 is 0 Å². The van der Waals surface area contributed by atoms with Crippen molar-refractivity contribution in [2.24, 2.45) is 0 Å². The third-order valence-corrected chi connectivity index (χ3v) is 6.58. The van der Waals surface area contributed by atoms with Crippen LogP contribution in [0.2, 0.25) is 24.2 Å². The molecule has 0 aliphatic rings. The lowest BCUT2D eigenvalue weighted by molar-refractivity contribution is 1.06. The second-order valence-corrected chi connectivity index (χ2v) is 9.84. The van der Waals surface area contributed by atoms with Crippen molar-refractivity contribution >= 4 is 36.5 Å². The zero-order valence-corrected chi connectivity index (χ0v) is 11.2. The standard InChI is InChI=1S/C11H16Cl2Si/c1-14(2,9-3-8-12)11-6-4-10(13)5-7-11/h4-7H,3,8-9H2,1-2H3. The average molecular weight is 247 g/mol. The highest BCUT2D eigenvalue weighted by Crippen LogP contribution is 2.14. The highest BCUT2D eigenvalue weighted by Gasteiger charge is 2.22. The van der Waals surface area contributed by atoms with E-state index in [9.17, 15) is 0 Å². The Morgan fingerprint density at radius 3 is 2.21 bits per heavy atom. The molecule has 0 aliphatic carbocycles. The largest absolute Gasteiger partial charge is 0.127 e. The van der Waals surface area contributed by atoms with Crippen molar-refractivity contribution in [3.05, 3.63) is 29.3 Å². The molecular weight excluding hydrogens is 231 g/mol. The lowest BCUT2D eigenvalue weighted by atomic mass is 10.4. The molecular formula is C11H16Cl2Si. The molecule has 0 saturated carbocycles. The summed E-state index contributed by atoms with van der Waals surface area (Å²) >= 11 is 11.6. The van der Waals surface area contributed by atoms with Gasteiger partial charge in [0.05, 0.1) is 8.07 Å². The number of benzene rings is 1. The van der Waals surface area contributed by atoms with Crippen LogP contribution in [0.25, 0.3) is 0 Å². The summed E-state index contributed by atoms with van der Waals surface area (Å²) < 4.78 is 0. The minimum atomic E-state index is -1.27. The van der Waals surface area contributed by atoms with Gasteiger partial charge in [0, 0.05) is 10.9 Å². The topological polar surface area (TPSA) is 0 Å². The van der Waals surface area contributed by atoms with Crippen LogP contribution in [0.5, 0.6) is 0 Å². The maximum Gasteiger partial charge on any atom is 0.0806 e. The minimum Gasteiger partial charge on any atom is -0.127 e. The number of hydrogen-bond donors (Lipinski definition) is 0. The summed E-state index contributed by atoms with van der Waals surface area (Å²) in [6, 6.07) is 9.52. The molecule has 0 N–H and O–H groups in total. The van der Waals surface area contributed by atoms with E-state index < -0.39 is 8.07 Å². The van der Waals surface area contributed by atoms with Crippen LogP contribution >= 0.6 is 23.2 Å². The van der Waals surface area contributed by atoms with Crippen LogP contribution in [0.1, 0.15) is 6.42 Å². The van der Waals surface area contributed by atoms with Gasteiger partial charge in [0.2, 0.25) is 0 Å². The van der Waals surface area contributed by atoms with E-state index in [1.165, 1.54) is 11.2 Å². The Bertz CT molecular complexity index is 280. The zero-order valence-electron chi connectivity index (χ0n) is 8.69. The highest BCUT2D eigenvalue weighted by atomic mass is 35.5. The van der Waals surface area contributed by atoms with Gasteiger partial charge in [-0.1, -0.05) is 48.1 Å². The second kappa shape index (κ2) is 5.20. The third-order valence-electron chi connectivity index (χ3n) is 2.56. The lowest BCUT2D eigenvalue weighted by Crippen LogP contribution is -2.40. The van der Waals surface area contributed by atoms with Crippen molar-refractivity contribution in [1.29, 1.82) is 0 Å². The van der Waals surface area contributed by atoms with Gasteiger partial charge in [-0.05, 0) is 18.6 Å². The maximum absolute atomic E-state index is 5.86. The first-order chi connectivity index (χ1) is 6.56. The summed E-state index contributed by atoms with van der Waals surface area (Å²) in [7, 11) is -1.27. The Morgan fingerprint density at radius 2 is 1.71 bits per heavy atom. The van der Waals surface area contributed by atoms with Crippen LogP contribution in [-0.2, 0) is 0 Å². The fourth-order valence-corrected chi connectivity index (χ4v) is 4.46. The Labute approximate surface area is 97.2 Å². The normalized spacial score (nSPS) is 11.7. The van der Waals surface area contributed by atoms with Crippen LogP contribution in [0.4, 0.5) is 0 Å². The van der Waals surface area contributed by atoms with E-state index in [0.717, 1.165) is 17.3 Å². The second-order valence-electron chi connectivity index (χ2n) is 4.18. The van der Waals surface area contributed by atoms with Crippen molar-refractivity contribution in [3.63, 3.8) is 0 Å². The molecule has 0 bridgehead atoms. The van der Waals surface area contributed by atoms with E-state index in [1.807, 2.05) is 12.1 Å². The molecule has 3 heteroatoms. The van der Waals surface area contributed by atoms with Crippen molar-refractivity contribution in [2.75, 3.05) is 5.88 Å². The molecule has 0 spiro atoms. The number of halogens is 2. The summed E-state index contributed by atoms with van der Waals surface area (Å²) in [5.41, 5.74) is 0. The zero-order chi connectivity index (χ0) is 10.6. The lowest BCUT2D eigenvalue weighted by Gasteiger charge is -2.22. The first kappa shape index (κ1) is 12.1. The molecule has 0 aliphatic heterocycles. The third kappa shape index (κ3) is 3.30.